The lowest BCUT2D eigenvalue weighted by molar-refractivity contribution is -0.187. The van der Waals surface area contributed by atoms with E-state index >= 15 is 0 Å². The Morgan fingerprint density at radius 1 is 1.00 bits per heavy atom. The highest BCUT2D eigenvalue weighted by Crippen LogP contribution is 2.31. The van der Waals surface area contributed by atoms with Gasteiger partial charge in [0.15, 0.2) is 5.79 Å². The van der Waals surface area contributed by atoms with Crippen LogP contribution in [0.4, 0.5) is 16.2 Å². The van der Waals surface area contributed by atoms with E-state index in [4.69, 9.17) is 9.47 Å². The molecular weight excluding hydrogens is 400 g/mol. The third-order valence-corrected chi connectivity index (χ3v) is 5.66. The van der Waals surface area contributed by atoms with Crippen molar-refractivity contribution in [2.75, 3.05) is 36.9 Å². The molecule has 2 aliphatic rings. The summed E-state index contributed by atoms with van der Waals surface area (Å²) < 4.78 is 12.8. The number of hydrogen-bond acceptors (Lipinski definition) is 5. The number of aromatic nitrogens is 1. The molecule has 0 bridgehead atoms. The van der Waals surface area contributed by atoms with Gasteiger partial charge in [-0.05, 0) is 31.2 Å². The van der Waals surface area contributed by atoms with Gasteiger partial charge < -0.3 is 29.6 Å². The Morgan fingerprint density at radius 3 is 2.35 bits per heavy atom. The predicted octanol–water partition coefficient (Wildman–Crippen LogP) is 2.17. The summed E-state index contributed by atoms with van der Waals surface area (Å²) in [5.41, 5.74) is 0.939. The van der Waals surface area contributed by atoms with Crippen LogP contribution in [0.25, 0.3) is 0 Å². The average molecular weight is 426 g/mol. The Hall–Kier alpha value is -3.17. The quantitative estimate of drug-likeness (QED) is 0.780. The van der Waals surface area contributed by atoms with Crippen LogP contribution in [-0.4, -0.2) is 53.5 Å². The summed E-state index contributed by atoms with van der Waals surface area (Å²) >= 11 is 0. The van der Waals surface area contributed by atoms with E-state index in [2.05, 4.69) is 10.6 Å². The second-order valence-corrected chi connectivity index (χ2v) is 7.71. The van der Waals surface area contributed by atoms with Crippen LogP contribution in [0.1, 0.15) is 18.5 Å². The zero-order valence-electron chi connectivity index (χ0n) is 17.4. The van der Waals surface area contributed by atoms with Crippen molar-refractivity contribution in [3.05, 3.63) is 58.5 Å². The molecule has 9 nitrogen and oxygen atoms in total. The standard InChI is InChI=1S/C22H26N4O5/c1-16-7-8-18(24-21(29)23-17-5-3-2-4-6-17)20(28)26(16)15-19(27)25-11-9-22(10-12-25)30-13-14-31-22/h2-8H,9-15H2,1H3,(H2,23,24,29). The molecule has 0 radical (unpaired) electrons. The molecule has 2 saturated heterocycles. The minimum Gasteiger partial charge on any atom is -0.347 e. The van der Waals surface area contributed by atoms with Crippen molar-refractivity contribution in [2.24, 2.45) is 0 Å². The molecule has 2 aliphatic heterocycles. The molecule has 31 heavy (non-hydrogen) atoms. The van der Waals surface area contributed by atoms with Crippen LogP contribution in [0.5, 0.6) is 0 Å². The second-order valence-electron chi connectivity index (χ2n) is 7.71. The van der Waals surface area contributed by atoms with Crippen LogP contribution >= 0.6 is 0 Å². The van der Waals surface area contributed by atoms with Gasteiger partial charge in [-0.3, -0.25) is 9.59 Å². The summed E-state index contributed by atoms with van der Waals surface area (Å²) in [6, 6.07) is 11.7. The molecule has 3 heterocycles. The van der Waals surface area contributed by atoms with Gasteiger partial charge in [-0.15, -0.1) is 0 Å². The van der Waals surface area contributed by atoms with Crippen molar-refractivity contribution < 1.29 is 19.1 Å². The summed E-state index contributed by atoms with van der Waals surface area (Å²) in [7, 11) is 0. The molecule has 1 spiro atoms. The maximum Gasteiger partial charge on any atom is 0.323 e. The number of aryl methyl sites for hydroxylation is 1. The molecule has 9 heteroatoms. The fraction of sp³-hybridized carbons (Fsp3) is 0.409. The first-order chi connectivity index (χ1) is 15.0. The number of carbonyl (C=O) groups excluding carboxylic acids is 2. The second kappa shape index (κ2) is 8.91. The van der Waals surface area contributed by atoms with Crippen molar-refractivity contribution in [2.45, 2.75) is 32.1 Å². The van der Waals surface area contributed by atoms with Gasteiger partial charge in [0, 0.05) is 37.3 Å². The number of ether oxygens (including phenoxy) is 2. The molecule has 3 amide bonds. The van der Waals surface area contributed by atoms with E-state index in [0.717, 1.165) is 0 Å². The lowest BCUT2D eigenvalue weighted by atomic mass is 10.0. The van der Waals surface area contributed by atoms with E-state index in [1.807, 2.05) is 6.07 Å². The lowest BCUT2D eigenvalue weighted by Crippen LogP contribution is -2.48. The Balaban J connectivity index is 1.41. The topological polar surface area (TPSA) is 102 Å². The number of amides is 3. The van der Waals surface area contributed by atoms with Gasteiger partial charge in [0.1, 0.15) is 12.2 Å². The van der Waals surface area contributed by atoms with Crippen LogP contribution in [-0.2, 0) is 20.8 Å². The van der Waals surface area contributed by atoms with E-state index < -0.39 is 17.4 Å². The molecule has 2 aromatic rings. The molecule has 2 fully saturated rings. The molecule has 2 N–H and O–H groups in total. The van der Waals surface area contributed by atoms with Crippen molar-refractivity contribution in [3.8, 4) is 0 Å². The van der Waals surface area contributed by atoms with Gasteiger partial charge in [0.25, 0.3) is 5.56 Å². The van der Waals surface area contributed by atoms with Gasteiger partial charge >= 0.3 is 6.03 Å². The number of para-hydroxylation sites is 1. The van der Waals surface area contributed by atoms with Crippen molar-refractivity contribution in [1.82, 2.24) is 9.47 Å². The monoisotopic (exact) mass is 426 g/mol. The van der Waals surface area contributed by atoms with Crippen LogP contribution < -0.4 is 16.2 Å². The van der Waals surface area contributed by atoms with E-state index in [-0.39, 0.29) is 18.1 Å². The summed E-state index contributed by atoms with van der Waals surface area (Å²) in [4.78, 5) is 39.7. The first kappa shape index (κ1) is 21.1. The zero-order valence-corrected chi connectivity index (χ0v) is 17.4. The highest BCUT2D eigenvalue weighted by Gasteiger charge is 2.40. The number of hydrogen-bond donors (Lipinski definition) is 2. The normalized spacial score (nSPS) is 17.5. The van der Waals surface area contributed by atoms with Crippen LogP contribution in [0, 0.1) is 6.92 Å². The molecule has 0 aliphatic carbocycles. The largest absolute Gasteiger partial charge is 0.347 e. The number of pyridine rings is 1. The first-order valence-corrected chi connectivity index (χ1v) is 10.3. The highest BCUT2D eigenvalue weighted by atomic mass is 16.7. The smallest absolute Gasteiger partial charge is 0.323 e. The maximum atomic E-state index is 12.9. The SMILES string of the molecule is Cc1ccc(NC(=O)Nc2ccccc2)c(=O)n1CC(=O)N1CCC2(CC1)OCCO2. The Morgan fingerprint density at radius 2 is 1.68 bits per heavy atom. The fourth-order valence-electron chi connectivity index (χ4n) is 3.89. The summed E-state index contributed by atoms with van der Waals surface area (Å²) in [5, 5.41) is 5.24. The fourth-order valence-corrected chi connectivity index (χ4v) is 3.89. The van der Waals surface area contributed by atoms with Crippen molar-refractivity contribution >= 4 is 23.3 Å². The summed E-state index contributed by atoms with van der Waals surface area (Å²) in [6.07, 6.45) is 1.24. The van der Waals surface area contributed by atoms with Crippen LogP contribution in [0.2, 0.25) is 0 Å². The number of rotatable bonds is 4. The highest BCUT2D eigenvalue weighted by molar-refractivity contribution is 5.99. The number of benzene rings is 1. The van der Waals surface area contributed by atoms with E-state index in [0.29, 0.717) is 50.5 Å². The molecule has 0 atom stereocenters. The number of carbonyl (C=O) groups is 2. The number of nitrogens with zero attached hydrogens (tertiary/aromatic N) is 2. The van der Waals surface area contributed by atoms with Crippen molar-refractivity contribution in [1.29, 1.82) is 0 Å². The van der Waals surface area contributed by atoms with Gasteiger partial charge in [-0.2, -0.15) is 0 Å². The third-order valence-electron chi connectivity index (χ3n) is 5.66. The minimum atomic E-state index is -0.556. The molecule has 0 saturated carbocycles. The number of piperidine rings is 1. The molecule has 0 unspecified atom stereocenters. The Kier molecular flexibility index (Phi) is 6.06. The van der Waals surface area contributed by atoms with E-state index in [9.17, 15) is 14.4 Å². The summed E-state index contributed by atoms with van der Waals surface area (Å²) in [6.45, 7) is 3.87. The molecule has 4 rings (SSSR count). The minimum absolute atomic E-state index is 0.0881. The molecule has 1 aromatic carbocycles. The molecule has 164 valence electrons. The van der Waals surface area contributed by atoms with E-state index in [1.54, 1.807) is 48.2 Å². The zero-order chi connectivity index (χ0) is 21.8. The van der Waals surface area contributed by atoms with Gasteiger partial charge in [-0.1, -0.05) is 18.2 Å². The maximum absolute atomic E-state index is 12.9. The number of urea groups is 1. The van der Waals surface area contributed by atoms with Gasteiger partial charge in [0.05, 0.1) is 13.2 Å². The summed E-state index contributed by atoms with van der Waals surface area (Å²) in [5.74, 6) is -0.705. The van der Waals surface area contributed by atoms with Crippen molar-refractivity contribution in [3.63, 3.8) is 0 Å². The van der Waals surface area contributed by atoms with Gasteiger partial charge in [-0.25, -0.2) is 4.79 Å². The van der Waals surface area contributed by atoms with Crippen LogP contribution in [0.3, 0.4) is 0 Å². The Labute approximate surface area is 179 Å². The Bertz CT molecular complexity index is 1000. The molecular formula is C22H26N4O5. The van der Waals surface area contributed by atoms with Gasteiger partial charge in [0.2, 0.25) is 5.91 Å². The first-order valence-electron chi connectivity index (χ1n) is 10.3. The van der Waals surface area contributed by atoms with E-state index in [1.165, 1.54) is 4.57 Å². The third kappa shape index (κ3) is 4.78. The molecule has 1 aromatic heterocycles. The lowest BCUT2D eigenvalue weighted by Gasteiger charge is -2.37. The number of likely N-dealkylation sites (tertiary alicyclic amines) is 1. The predicted molar refractivity (Wildman–Crippen MR) is 115 cm³/mol. The number of anilines is 2. The average Bonchev–Trinajstić information content (AvgIpc) is 3.22. The van der Waals surface area contributed by atoms with Crippen LogP contribution in [0.15, 0.2) is 47.3 Å². The number of nitrogens with one attached hydrogen (secondary N) is 2.